The predicted octanol–water partition coefficient (Wildman–Crippen LogP) is 4.09. The third-order valence-corrected chi connectivity index (χ3v) is 3.13. The second-order valence-corrected chi connectivity index (χ2v) is 4.72. The minimum Gasteiger partial charge on any atom is -0.437 e. The molecular weight excluding hydrogens is 312 g/mol. The third kappa shape index (κ3) is 4.74. The van der Waals surface area contributed by atoms with E-state index in [-0.39, 0.29) is 6.61 Å². The van der Waals surface area contributed by atoms with Crippen LogP contribution in [0.5, 0.6) is 5.75 Å². The van der Waals surface area contributed by atoms with E-state index in [1.54, 1.807) is 31.2 Å². The lowest BCUT2D eigenvalue weighted by atomic mass is 10.0. The van der Waals surface area contributed by atoms with E-state index in [1.807, 2.05) is 30.3 Å². The van der Waals surface area contributed by atoms with E-state index in [0.717, 1.165) is 5.56 Å². The van der Waals surface area contributed by atoms with Crippen LogP contribution in [-0.4, -0.2) is 26.0 Å². The van der Waals surface area contributed by atoms with Crippen molar-refractivity contribution in [2.45, 2.75) is 13.0 Å². The summed E-state index contributed by atoms with van der Waals surface area (Å²) >= 11 is 0. The first-order valence-electron chi connectivity index (χ1n) is 7.38. The highest BCUT2D eigenvalue weighted by atomic mass is 16.7. The van der Waals surface area contributed by atoms with Crippen LogP contribution >= 0.6 is 0 Å². The first-order chi connectivity index (χ1) is 11.6. The van der Waals surface area contributed by atoms with Gasteiger partial charge in [-0.25, -0.2) is 9.59 Å². The Morgan fingerprint density at radius 2 is 1.54 bits per heavy atom. The maximum atomic E-state index is 11.7. The molecule has 0 aliphatic rings. The van der Waals surface area contributed by atoms with Crippen LogP contribution < -0.4 is 4.74 Å². The molecule has 0 aliphatic heterocycles. The van der Waals surface area contributed by atoms with Crippen LogP contribution in [0.25, 0.3) is 0 Å². The Hall–Kier alpha value is -3.02. The summed E-state index contributed by atoms with van der Waals surface area (Å²) in [6.45, 7) is 1.93. The molecule has 0 aromatic heterocycles. The van der Waals surface area contributed by atoms with Crippen molar-refractivity contribution in [2.24, 2.45) is 0 Å². The van der Waals surface area contributed by atoms with Crippen molar-refractivity contribution in [3.8, 4) is 5.75 Å². The highest BCUT2D eigenvalue weighted by Gasteiger charge is 2.20. The number of hydrogen-bond acceptors (Lipinski definition) is 6. The van der Waals surface area contributed by atoms with Gasteiger partial charge < -0.3 is 18.9 Å². The molecule has 0 aliphatic carbocycles. The maximum Gasteiger partial charge on any atom is 0.513 e. The molecule has 0 amide bonds. The van der Waals surface area contributed by atoms with Gasteiger partial charge >= 0.3 is 12.3 Å². The third-order valence-electron chi connectivity index (χ3n) is 3.13. The van der Waals surface area contributed by atoms with Gasteiger partial charge in [0.1, 0.15) is 5.75 Å². The first kappa shape index (κ1) is 17.3. The van der Waals surface area contributed by atoms with Crippen molar-refractivity contribution in [1.29, 1.82) is 0 Å². The van der Waals surface area contributed by atoms with Crippen LogP contribution in [0.4, 0.5) is 9.59 Å². The van der Waals surface area contributed by atoms with Crippen molar-refractivity contribution < 1.29 is 28.5 Å². The summed E-state index contributed by atoms with van der Waals surface area (Å²) in [5.74, 6) is 0.327. The van der Waals surface area contributed by atoms with E-state index in [4.69, 9.17) is 14.2 Å². The normalized spacial score (nSPS) is 11.2. The Morgan fingerprint density at radius 3 is 2.12 bits per heavy atom. The van der Waals surface area contributed by atoms with E-state index in [1.165, 1.54) is 7.11 Å². The monoisotopic (exact) mass is 330 g/mol. The molecule has 1 atom stereocenters. The van der Waals surface area contributed by atoms with Crippen LogP contribution in [0, 0.1) is 0 Å². The van der Waals surface area contributed by atoms with Crippen LogP contribution in [0.15, 0.2) is 54.6 Å². The fourth-order valence-corrected chi connectivity index (χ4v) is 2.05. The molecule has 126 valence electrons. The molecule has 1 unspecified atom stereocenters. The van der Waals surface area contributed by atoms with Crippen molar-refractivity contribution in [3.63, 3.8) is 0 Å². The highest BCUT2D eigenvalue weighted by Crippen LogP contribution is 2.28. The van der Waals surface area contributed by atoms with Gasteiger partial charge in [0.05, 0.1) is 13.7 Å². The summed E-state index contributed by atoms with van der Waals surface area (Å²) in [7, 11) is 1.23. The molecule has 0 radical (unpaired) electrons. The van der Waals surface area contributed by atoms with Gasteiger partial charge in [0, 0.05) is 0 Å². The quantitative estimate of drug-likeness (QED) is 0.607. The lowest BCUT2D eigenvalue weighted by Gasteiger charge is -2.18. The first-order valence-corrected chi connectivity index (χ1v) is 7.38. The van der Waals surface area contributed by atoms with Crippen LogP contribution in [0.3, 0.4) is 0 Å². The number of ether oxygens (including phenoxy) is 4. The molecule has 0 bridgehead atoms. The molecule has 0 spiro atoms. The molecule has 0 saturated heterocycles. The average molecular weight is 330 g/mol. The summed E-state index contributed by atoms with van der Waals surface area (Å²) in [6.07, 6.45) is -2.18. The number of hydrogen-bond donors (Lipinski definition) is 0. The Morgan fingerprint density at radius 1 is 0.917 bits per heavy atom. The van der Waals surface area contributed by atoms with Gasteiger partial charge in [-0.1, -0.05) is 42.5 Å². The summed E-state index contributed by atoms with van der Waals surface area (Å²) in [6, 6.07) is 15.9. The Labute approximate surface area is 139 Å². The molecule has 2 aromatic carbocycles. The van der Waals surface area contributed by atoms with Gasteiger partial charge in [0.15, 0.2) is 6.10 Å². The van der Waals surface area contributed by atoms with Crippen molar-refractivity contribution in [2.75, 3.05) is 13.7 Å². The fourth-order valence-electron chi connectivity index (χ4n) is 2.05. The summed E-state index contributed by atoms with van der Waals surface area (Å²) in [4.78, 5) is 22.8. The molecule has 6 heteroatoms. The minimum absolute atomic E-state index is 0.228. The van der Waals surface area contributed by atoms with Crippen molar-refractivity contribution in [3.05, 3.63) is 65.7 Å². The molecule has 2 rings (SSSR count). The number of methoxy groups -OCH3 is 1. The Bertz CT molecular complexity index is 666. The van der Waals surface area contributed by atoms with Gasteiger partial charge in [0.25, 0.3) is 0 Å². The van der Waals surface area contributed by atoms with Crippen LogP contribution in [0.2, 0.25) is 0 Å². The second-order valence-electron chi connectivity index (χ2n) is 4.72. The van der Waals surface area contributed by atoms with E-state index in [9.17, 15) is 9.59 Å². The van der Waals surface area contributed by atoms with E-state index in [2.05, 4.69) is 4.74 Å². The molecule has 0 N–H and O–H groups in total. The number of benzene rings is 2. The largest absolute Gasteiger partial charge is 0.513 e. The molecule has 0 heterocycles. The number of rotatable bonds is 5. The zero-order valence-corrected chi connectivity index (χ0v) is 13.4. The minimum atomic E-state index is -0.801. The Balaban J connectivity index is 2.23. The van der Waals surface area contributed by atoms with Crippen LogP contribution in [-0.2, 0) is 14.2 Å². The topological polar surface area (TPSA) is 71.1 Å². The number of carbonyl (C=O) groups is 2. The Kier molecular flexibility index (Phi) is 6.19. The molecule has 24 heavy (non-hydrogen) atoms. The zero-order valence-electron chi connectivity index (χ0n) is 13.4. The van der Waals surface area contributed by atoms with Gasteiger partial charge in [0.2, 0.25) is 0 Å². The number of carbonyl (C=O) groups excluding carboxylic acids is 2. The smallest absolute Gasteiger partial charge is 0.437 e. The maximum absolute atomic E-state index is 11.7. The molecule has 0 saturated carbocycles. The van der Waals surface area contributed by atoms with E-state index < -0.39 is 18.4 Å². The molecular formula is C18H18O6. The predicted molar refractivity (Wildman–Crippen MR) is 85.9 cm³/mol. The average Bonchev–Trinajstić information content (AvgIpc) is 2.61. The van der Waals surface area contributed by atoms with Gasteiger partial charge in [-0.2, -0.15) is 0 Å². The zero-order chi connectivity index (χ0) is 17.4. The lowest BCUT2D eigenvalue weighted by molar-refractivity contribution is 0.0379. The lowest BCUT2D eigenvalue weighted by Crippen LogP contribution is -2.14. The molecule has 0 fully saturated rings. The van der Waals surface area contributed by atoms with Crippen molar-refractivity contribution >= 4 is 12.3 Å². The standard InChI is InChI=1S/C18H18O6/c1-3-22-18(20)24-16(13-7-5-4-6-8-13)14-9-11-15(12-10-14)23-17(19)21-2/h4-12,16H,3H2,1-2H3. The SMILES string of the molecule is CCOC(=O)OC(c1ccccc1)c1ccc(OC(=O)OC)cc1. The molecule has 6 nitrogen and oxygen atoms in total. The summed E-state index contributed by atoms with van der Waals surface area (Å²) in [5.41, 5.74) is 1.51. The summed E-state index contributed by atoms with van der Waals surface area (Å²) in [5, 5.41) is 0. The van der Waals surface area contributed by atoms with Crippen molar-refractivity contribution in [1.82, 2.24) is 0 Å². The van der Waals surface area contributed by atoms with E-state index >= 15 is 0 Å². The highest BCUT2D eigenvalue weighted by molar-refractivity contribution is 5.63. The van der Waals surface area contributed by atoms with Gasteiger partial charge in [-0.3, -0.25) is 0 Å². The van der Waals surface area contributed by atoms with Gasteiger partial charge in [-0.05, 0) is 30.2 Å². The summed E-state index contributed by atoms with van der Waals surface area (Å²) < 4.78 is 19.6. The van der Waals surface area contributed by atoms with E-state index in [0.29, 0.717) is 11.3 Å². The van der Waals surface area contributed by atoms with Crippen LogP contribution in [0.1, 0.15) is 24.2 Å². The fraction of sp³-hybridized carbons (Fsp3) is 0.222. The second kappa shape index (κ2) is 8.57. The molecule has 2 aromatic rings. The van der Waals surface area contributed by atoms with Gasteiger partial charge in [-0.15, -0.1) is 0 Å².